The van der Waals surface area contributed by atoms with Crippen LogP contribution >= 0.6 is 0 Å². The minimum Gasteiger partial charge on any atom is -0.336 e. The minimum atomic E-state index is -4.16. The van der Waals surface area contributed by atoms with E-state index in [9.17, 15) is 13.2 Å². The number of rotatable bonds is 3. The minimum absolute atomic E-state index is 0.344. The molecule has 0 aliphatic rings. The molecule has 0 spiro atoms. The maximum atomic E-state index is 11.2. The highest BCUT2D eigenvalue weighted by molar-refractivity contribution is 7.85. The van der Waals surface area contributed by atoms with Crippen LogP contribution < -0.4 is 5.32 Å². The van der Waals surface area contributed by atoms with Crippen molar-refractivity contribution in [2.45, 2.75) is 0 Å². The van der Waals surface area contributed by atoms with Crippen molar-refractivity contribution in [3.05, 3.63) is 35.9 Å². The van der Waals surface area contributed by atoms with Crippen molar-refractivity contribution in [1.82, 2.24) is 5.32 Å². The molecule has 0 aliphatic carbocycles. The van der Waals surface area contributed by atoms with E-state index in [4.69, 9.17) is 4.55 Å². The molecule has 1 aromatic carbocycles. The predicted octanol–water partition coefficient (Wildman–Crippen LogP) is 0.262. The quantitative estimate of drug-likeness (QED) is 0.708. The molecule has 5 nitrogen and oxygen atoms in total. The molecule has 1 aromatic rings. The van der Waals surface area contributed by atoms with Gasteiger partial charge in [-0.25, -0.2) is 0 Å². The van der Waals surface area contributed by atoms with Crippen LogP contribution in [0.1, 0.15) is 10.4 Å². The van der Waals surface area contributed by atoms with Gasteiger partial charge >= 0.3 is 0 Å². The highest BCUT2D eigenvalue weighted by atomic mass is 32.2. The maximum absolute atomic E-state index is 11.2. The first-order valence-corrected chi connectivity index (χ1v) is 5.38. The van der Waals surface area contributed by atoms with Crippen molar-refractivity contribution in [3.8, 4) is 0 Å². The molecule has 0 heterocycles. The summed E-state index contributed by atoms with van der Waals surface area (Å²) in [4.78, 5) is 11.2. The molecule has 6 heteroatoms. The summed E-state index contributed by atoms with van der Waals surface area (Å²) in [6.07, 6.45) is 0. The number of amides is 1. The summed E-state index contributed by atoms with van der Waals surface area (Å²) >= 11 is 0. The Kier molecular flexibility index (Phi) is 3.21. The molecule has 0 unspecified atom stereocenters. The van der Waals surface area contributed by atoms with Gasteiger partial charge in [0.2, 0.25) is 0 Å². The predicted molar refractivity (Wildman–Crippen MR) is 50.3 cm³/mol. The Hall–Kier alpha value is -1.40. The van der Waals surface area contributed by atoms with E-state index in [1.807, 2.05) is 0 Å². The van der Waals surface area contributed by atoms with Crippen LogP contribution in [0, 0.1) is 0 Å². The van der Waals surface area contributed by atoms with E-state index in [1.165, 1.54) is 0 Å². The van der Waals surface area contributed by atoms with E-state index in [1.54, 1.807) is 30.3 Å². The second-order valence-electron chi connectivity index (χ2n) is 2.60. The van der Waals surface area contributed by atoms with Crippen molar-refractivity contribution < 1.29 is 17.8 Å². The van der Waals surface area contributed by atoms with Gasteiger partial charge in [-0.15, -0.1) is 0 Å². The van der Waals surface area contributed by atoms with Gasteiger partial charge in [0.05, 0.1) is 0 Å². The molecule has 1 amide bonds. The van der Waals surface area contributed by atoms with Crippen LogP contribution in [0.4, 0.5) is 0 Å². The first kappa shape index (κ1) is 10.7. The number of hydrogen-bond donors (Lipinski definition) is 2. The third-order valence-corrected chi connectivity index (χ3v) is 1.96. The summed E-state index contributed by atoms with van der Waals surface area (Å²) in [6, 6.07) is 8.13. The molecule has 1 rings (SSSR count). The summed E-state index contributed by atoms with van der Waals surface area (Å²) < 4.78 is 29.0. The van der Waals surface area contributed by atoms with Crippen LogP contribution in [0.15, 0.2) is 30.3 Å². The Balaban J connectivity index is 2.61. The summed E-state index contributed by atoms with van der Waals surface area (Å²) in [7, 11) is -4.16. The van der Waals surface area contributed by atoms with E-state index in [0.717, 1.165) is 0 Å². The zero-order valence-electron chi connectivity index (χ0n) is 7.17. The van der Waals surface area contributed by atoms with Crippen molar-refractivity contribution in [2.75, 3.05) is 5.88 Å². The van der Waals surface area contributed by atoms with Gasteiger partial charge in [-0.2, -0.15) is 8.42 Å². The highest BCUT2D eigenvalue weighted by Crippen LogP contribution is 1.97. The van der Waals surface area contributed by atoms with Gasteiger partial charge in [-0.05, 0) is 12.1 Å². The van der Waals surface area contributed by atoms with Gasteiger partial charge in [0.1, 0.15) is 5.88 Å². The first-order valence-electron chi connectivity index (χ1n) is 3.77. The summed E-state index contributed by atoms with van der Waals surface area (Å²) in [5.74, 6) is -1.32. The lowest BCUT2D eigenvalue weighted by atomic mass is 10.2. The lowest BCUT2D eigenvalue weighted by Gasteiger charge is -2.01. The summed E-state index contributed by atoms with van der Waals surface area (Å²) in [6.45, 7) is 0. The van der Waals surface area contributed by atoms with Crippen LogP contribution in [-0.4, -0.2) is 24.8 Å². The topological polar surface area (TPSA) is 83.5 Å². The zero-order chi connectivity index (χ0) is 10.6. The molecule has 0 bridgehead atoms. The van der Waals surface area contributed by atoms with E-state index >= 15 is 0 Å². The first-order chi connectivity index (χ1) is 6.49. The van der Waals surface area contributed by atoms with Gasteiger partial charge in [-0.1, -0.05) is 18.2 Å². The van der Waals surface area contributed by atoms with Crippen LogP contribution in [-0.2, 0) is 10.1 Å². The number of nitrogens with one attached hydrogen (secondary N) is 1. The molecule has 76 valence electrons. The molecular weight excluding hydrogens is 206 g/mol. The Bertz CT molecular complexity index is 412. The van der Waals surface area contributed by atoms with Gasteiger partial charge < -0.3 is 5.32 Å². The van der Waals surface area contributed by atoms with Crippen molar-refractivity contribution in [2.24, 2.45) is 0 Å². The van der Waals surface area contributed by atoms with Crippen molar-refractivity contribution in [3.63, 3.8) is 0 Å². The molecule has 0 aromatic heterocycles. The molecular formula is C8H9NO4S. The highest BCUT2D eigenvalue weighted by Gasteiger charge is 2.08. The van der Waals surface area contributed by atoms with Gasteiger partial charge in [0, 0.05) is 5.56 Å². The lowest BCUT2D eigenvalue weighted by Crippen LogP contribution is -2.29. The molecule has 0 saturated heterocycles. The maximum Gasteiger partial charge on any atom is 0.283 e. The Morgan fingerprint density at radius 2 is 1.86 bits per heavy atom. The second kappa shape index (κ2) is 4.21. The average molecular weight is 215 g/mol. The molecule has 0 radical (unpaired) electrons. The molecule has 14 heavy (non-hydrogen) atoms. The molecule has 0 aliphatic heterocycles. The normalized spacial score (nSPS) is 10.9. The number of hydrogen-bond acceptors (Lipinski definition) is 3. The van der Waals surface area contributed by atoms with E-state index in [0.29, 0.717) is 5.56 Å². The smallest absolute Gasteiger partial charge is 0.283 e. The summed E-state index contributed by atoms with van der Waals surface area (Å²) in [5, 5.41) is 2.06. The third-order valence-electron chi connectivity index (χ3n) is 1.45. The third kappa shape index (κ3) is 3.55. The van der Waals surface area contributed by atoms with Gasteiger partial charge in [0.25, 0.3) is 16.0 Å². The zero-order valence-corrected chi connectivity index (χ0v) is 7.99. The Labute approximate surface area is 81.5 Å². The van der Waals surface area contributed by atoms with E-state index in [-0.39, 0.29) is 0 Å². The van der Waals surface area contributed by atoms with Crippen LogP contribution in [0.2, 0.25) is 0 Å². The molecule has 0 atom stereocenters. The number of benzene rings is 1. The monoisotopic (exact) mass is 215 g/mol. The fraction of sp³-hybridized carbons (Fsp3) is 0.125. The molecule has 0 saturated carbocycles. The number of carbonyl (C=O) groups excluding carboxylic acids is 1. The number of carbonyl (C=O) groups is 1. The van der Waals surface area contributed by atoms with Crippen LogP contribution in [0.3, 0.4) is 0 Å². The fourth-order valence-electron chi connectivity index (χ4n) is 0.848. The Morgan fingerprint density at radius 3 is 2.36 bits per heavy atom. The lowest BCUT2D eigenvalue weighted by molar-refractivity contribution is 0.0959. The standard InChI is InChI=1S/C8H9NO4S/c10-8(9-6-14(11,12)13)7-4-2-1-3-5-7/h1-5H,6H2,(H,9,10)(H,11,12,13). The van der Waals surface area contributed by atoms with Gasteiger partial charge in [0.15, 0.2) is 0 Å². The molecule has 0 fully saturated rings. The van der Waals surface area contributed by atoms with Crippen molar-refractivity contribution >= 4 is 16.0 Å². The largest absolute Gasteiger partial charge is 0.336 e. The Morgan fingerprint density at radius 1 is 1.29 bits per heavy atom. The average Bonchev–Trinajstić information content (AvgIpc) is 2.14. The summed E-state index contributed by atoms with van der Waals surface area (Å²) in [5.41, 5.74) is 0.344. The fourth-order valence-corrected chi connectivity index (χ4v) is 1.16. The van der Waals surface area contributed by atoms with Gasteiger partial charge in [-0.3, -0.25) is 9.35 Å². The van der Waals surface area contributed by atoms with E-state index < -0.39 is 21.9 Å². The van der Waals surface area contributed by atoms with Crippen molar-refractivity contribution in [1.29, 1.82) is 0 Å². The molecule has 2 N–H and O–H groups in total. The SMILES string of the molecule is O=C(NCS(=O)(=O)O)c1ccccc1. The van der Waals surface area contributed by atoms with Crippen LogP contribution in [0.25, 0.3) is 0 Å². The van der Waals surface area contributed by atoms with Crippen LogP contribution in [0.5, 0.6) is 0 Å². The van der Waals surface area contributed by atoms with E-state index in [2.05, 4.69) is 5.32 Å². The second-order valence-corrected chi connectivity index (χ2v) is 4.05.